The minimum absolute atomic E-state index is 0.143. The minimum Gasteiger partial charge on any atom is -0.484 e. The number of nitrogens with zero attached hydrogens (tertiary/aromatic N) is 3. The predicted octanol–water partition coefficient (Wildman–Crippen LogP) is 0.903. The first-order valence-electron chi connectivity index (χ1n) is 5.19. The first kappa shape index (κ1) is 15.7. The van der Waals surface area contributed by atoms with E-state index in [0.29, 0.717) is 6.07 Å². The van der Waals surface area contributed by atoms with Gasteiger partial charge in [-0.2, -0.15) is 0 Å². The van der Waals surface area contributed by atoms with Crippen molar-refractivity contribution in [3.63, 3.8) is 0 Å². The van der Waals surface area contributed by atoms with E-state index < -0.39 is 50.8 Å². The van der Waals surface area contributed by atoms with E-state index in [1.807, 2.05) is 0 Å². The van der Waals surface area contributed by atoms with Gasteiger partial charge in [-0.3, -0.25) is 25.0 Å². The fraction of sp³-hybridized carbons (Fsp3) is 0.222. The van der Waals surface area contributed by atoms with E-state index in [-0.39, 0.29) is 6.29 Å². The molecule has 1 rings (SSSR count). The highest BCUT2D eigenvalue weighted by Crippen LogP contribution is 2.34. The average Bonchev–Trinajstić information content (AvgIpc) is 2.42. The molecule has 0 aliphatic rings. The molecule has 12 heteroatoms. The van der Waals surface area contributed by atoms with Crippen LogP contribution in [0.5, 0.6) is 5.75 Å². The zero-order valence-corrected chi connectivity index (χ0v) is 10.2. The number of rotatable bonds is 8. The molecule has 0 spiro atoms. The van der Waals surface area contributed by atoms with Crippen LogP contribution in [0.2, 0.25) is 0 Å². The molecule has 0 aliphatic heterocycles. The summed E-state index contributed by atoms with van der Waals surface area (Å²) in [5.74, 6) is -0.521. The van der Waals surface area contributed by atoms with Crippen molar-refractivity contribution in [2.24, 2.45) is 0 Å². The van der Waals surface area contributed by atoms with Crippen molar-refractivity contribution >= 4 is 17.7 Å². The fourth-order valence-electron chi connectivity index (χ4n) is 1.36. The molecule has 12 nitrogen and oxygen atoms in total. The lowest BCUT2D eigenvalue weighted by molar-refractivity contribution is -0.757. The maximum atomic E-state index is 10.9. The van der Waals surface area contributed by atoms with Crippen LogP contribution in [0, 0.1) is 30.3 Å². The molecule has 0 atom stereocenters. The molecule has 1 aromatic rings. The van der Waals surface area contributed by atoms with Crippen LogP contribution in [0.4, 0.5) is 11.4 Å². The van der Waals surface area contributed by atoms with E-state index in [2.05, 4.69) is 4.84 Å². The largest absolute Gasteiger partial charge is 0.484 e. The summed E-state index contributed by atoms with van der Waals surface area (Å²) < 4.78 is 4.88. The van der Waals surface area contributed by atoms with Crippen molar-refractivity contribution in [1.82, 2.24) is 0 Å². The number of carbonyl (C=O) groups excluding carboxylic acids is 1. The second-order valence-corrected chi connectivity index (χ2v) is 3.42. The van der Waals surface area contributed by atoms with Crippen LogP contribution >= 0.6 is 0 Å². The molecule has 0 radical (unpaired) electrons. The Labute approximate surface area is 115 Å². The lowest BCUT2D eigenvalue weighted by Gasteiger charge is -2.08. The van der Waals surface area contributed by atoms with Crippen LogP contribution in [0.15, 0.2) is 12.1 Å². The molecule has 21 heavy (non-hydrogen) atoms. The zero-order chi connectivity index (χ0) is 16.0. The number of ether oxygens (including phenoxy) is 1. The first-order chi connectivity index (χ1) is 9.86. The number of nitro benzene ring substituents is 2. The van der Waals surface area contributed by atoms with E-state index in [1.165, 1.54) is 0 Å². The van der Waals surface area contributed by atoms with Gasteiger partial charge in [-0.05, 0) is 0 Å². The lowest BCUT2D eigenvalue weighted by Crippen LogP contribution is -2.12. The van der Waals surface area contributed by atoms with Gasteiger partial charge in [0, 0.05) is 6.07 Å². The fourth-order valence-corrected chi connectivity index (χ4v) is 1.36. The molecule has 112 valence electrons. The number of non-ortho nitro benzene ring substituents is 1. The highest BCUT2D eigenvalue weighted by molar-refractivity contribution is 5.84. The van der Waals surface area contributed by atoms with Gasteiger partial charge in [0.1, 0.15) is 13.2 Å². The summed E-state index contributed by atoms with van der Waals surface area (Å²) in [6.07, 6.45) is 0.143. The van der Waals surface area contributed by atoms with Gasteiger partial charge in [-0.25, -0.2) is 0 Å². The highest BCUT2D eigenvalue weighted by atomic mass is 17.0. The first-order valence-corrected chi connectivity index (χ1v) is 5.19. The molecule has 0 amide bonds. The van der Waals surface area contributed by atoms with Gasteiger partial charge in [-0.1, -0.05) is 0 Å². The van der Waals surface area contributed by atoms with Gasteiger partial charge in [0.05, 0.1) is 21.5 Å². The van der Waals surface area contributed by atoms with Crippen LogP contribution < -0.4 is 4.74 Å². The quantitative estimate of drug-likeness (QED) is 0.293. The summed E-state index contributed by atoms with van der Waals surface area (Å²) in [5, 5.41) is 30.3. The zero-order valence-electron chi connectivity index (χ0n) is 10.2. The number of benzene rings is 1. The molecule has 0 saturated carbocycles. The normalized spacial score (nSPS) is 9.71. The topological polar surface area (TPSA) is 165 Å². The molecule has 0 aromatic heterocycles. The van der Waals surface area contributed by atoms with Crippen molar-refractivity contribution in [3.05, 3.63) is 48.0 Å². The number of hydrogen-bond donors (Lipinski definition) is 0. The molecule has 0 N–H and O–H groups in total. The Morgan fingerprint density at radius 2 is 1.71 bits per heavy atom. The second kappa shape index (κ2) is 6.74. The molecular weight excluding hydrogens is 294 g/mol. The number of hydrogen-bond acceptors (Lipinski definition) is 9. The van der Waals surface area contributed by atoms with Gasteiger partial charge in [-0.15, -0.1) is 10.1 Å². The summed E-state index contributed by atoms with van der Waals surface area (Å²) in [4.78, 5) is 44.3. The molecule has 0 fully saturated rings. The van der Waals surface area contributed by atoms with Crippen molar-refractivity contribution in [2.75, 3.05) is 13.2 Å². The Balaban J connectivity index is 3.10. The third-order valence-electron chi connectivity index (χ3n) is 2.14. The summed E-state index contributed by atoms with van der Waals surface area (Å²) in [6.45, 7) is -0.986. The smallest absolute Gasteiger partial charge is 0.318 e. The number of carbonyl (C=O) groups is 1. The SMILES string of the molecule is O=Cc1cc([N+](=O)[O-])cc([N+](=O)[O-])c1OCCO[N+](=O)[O-]. The Morgan fingerprint density at radius 3 is 2.19 bits per heavy atom. The average molecular weight is 301 g/mol. The Bertz CT molecular complexity index is 600. The van der Waals surface area contributed by atoms with Gasteiger partial charge < -0.3 is 9.57 Å². The van der Waals surface area contributed by atoms with E-state index in [9.17, 15) is 35.1 Å². The van der Waals surface area contributed by atoms with Crippen LogP contribution in [-0.2, 0) is 4.84 Å². The Hall–Kier alpha value is -3.31. The van der Waals surface area contributed by atoms with Gasteiger partial charge >= 0.3 is 5.69 Å². The van der Waals surface area contributed by atoms with Gasteiger partial charge in [0.25, 0.3) is 10.8 Å². The summed E-state index contributed by atoms with van der Waals surface area (Å²) in [7, 11) is 0. The highest BCUT2D eigenvalue weighted by Gasteiger charge is 2.25. The van der Waals surface area contributed by atoms with Crippen molar-refractivity contribution < 1.29 is 29.3 Å². The summed E-state index contributed by atoms with van der Waals surface area (Å²) in [6, 6.07) is 1.42. The standard InChI is InChI=1S/C9H7N3O9/c13-5-6-3-7(10(14)15)4-8(11(16)17)9(6)20-1-2-21-12(18)19/h3-5H,1-2H2. The molecular formula is C9H7N3O9. The molecule has 0 aliphatic carbocycles. The monoisotopic (exact) mass is 301 g/mol. The Kier molecular flexibility index (Phi) is 5.05. The predicted molar refractivity (Wildman–Crippen MR) is 63.6 cm³/mol. The van der Waals surface area contributed by atoms with Crippen LogP contribution in [0.3, 0.4) is 0 Å². The molecule has 0 saturated heterocycles. The summed E-state index contributed by atoms with van der Waals surface area (Å²) >= 11 is 0. The van der Waals surface area contributed by atoms with E-state index in [4.69, 9.17) is 4.74 Å². The Morgan fingerprint density at radius 1 is 1.05 bits per heavy atom. The number of nitro groups is 2. The summed E-state index contributed by atoms with van der Waals surface area (Å²) in [5.41, 5.74) is -1.87. The molecule has 0 unspecified atom stereocenters. The van der Waals surface area contributed by atoms with Crippen LogP contribution in [-0.4, -0.2) is 34.4 Å². The van der Waals surface area contributed by atoms with Crippen LogP contribution in [0.25, 0.3) is 0 Å². The van der Waals surface area contributed by atoms with Crippen molar-refractivity contribution in [3.8, 4) is 5.75 Å². The van der Waals surface area contributed by atoms with Crippen LogP contribution in [0.1, 0.15) is 10.4 Å². The van der Waals surface area contributed by atoms with Crippen molar-refractivity contribution in [2.45, 2.75) is 0 Å². The third-order valence-corrected chi connectivity index (χ3v) is 2.14. The molecule has 0 bridgehead atoms. The van der Waals surface area contributed by atoms with Crippen molar-refractivity contribution in [1.29, 1.82) is 0 Å². The lowest BCUT2D eigenvalue weighted by atomic mass is 10.1. The van der Waals surface area contributed by atoms with E-state index in [0.717, 1.165) is 6.07 Å². The number of aldehydes is 1. The van der Waals surface area contributed by atoms with Gasteiger partial charge in [0.15, 0.2) is 6.29 Å². The second-order valence-electron chi connectivity index (χ2n) is 3.42. The maximum absolute atomic E-state index is 10.9. The third kappa shape index (κ3) is 4.09. The maximum Gasteiger partial charge on any atom is 0.318 e. The van der Waals surface area contributed by atoms with E-state index in [1.54, 1.807) is 0 Å². The molecule has 0 heterocycles. The van der Waals surface area contributed by atoms with Gasteiger partial charge in [0.2, 0.25) is 5.75 Å². The molecule has 1 aromatic carbocycles. The minimum atomic E-state index is -1.09. The van der Waals surface area contributed by atoms with E-state index >= 15 is 0 Å².